The Morgan fingerprint density at radius 2 is 2.22 bits per heavy atom. The van der Waals surface area contributed by atoms with E-state index in [0.29, 0.717) is 6.04 Å². The molecule has 0 aliphatic carbocycles. The lowest BCUT2D eigenvalue weighted by molar-refractivity contribution is 0.287. The van der Waals surface area contributed by atoms with Gasteiger partial charge in [0.2, 0.25) is 0 Å². The molecule has 3 rings (SSSR count). The van der Waals surface area contributed by atoms with Crippen molar-refractivity contribution in [2.24, 2.45) is 0 Å². The van der Waals surface area contributed by atoms with Crippen molar-refractivity contribution in [2.45, 2.75) is 45.1 Å². The molecule has 2 aliphatic rings. The summed E-state index contributed by atoms with van der Waals surface area (Å²) in [5.41, 5.74) is 4.09. The van der Waals surface area contributed by atoms with Crippen molar-refractivity contribution in [3.05, 3.63) is 27.8 Å². The lowest BCUT2D eigenvalue weighted by Gasteiger charge is -2.29. The van der Waals surface area contributed by atoms with Crippen molar-refractivity contribution >= 4 is 11.6 Å². The molecule has 1 saturated heterocycles. The number of benzene rings is 1. The highest BCUT2D eigenvalue weighted by atomic mass is 35.5. The third kappa shape index (κ3) is 2.12. The largest absolute Gasteiger partial charge is 0.492 e. The molecule has 0 saturated carbocycles. The van der Waals surface area contributed by atoms with Gasteiger partial charge in [0, 0.05) is 6.04 Å². The first-order valence-electron chi connectivity index (χ1n) is 6.95. The molecule has 0 amide bonds. The van der Waals surface area contributed by atoms with Crippen LogP contribution in [0.15, 0.2) is 6.07 Å². The summed E-state index contributed by atoms with van der Waals surface area (Å²) in [7, 11) is 0. The molecular weight excluding hydrogens is 246 g/mol. The van der Waals surface area contributed by atoms with E-state index < -0.39 is 0 Å². The van der Waals surface area contributed by atoms with E-state index in [0.717, 1.165) is 36.8 Å². The van der Waals surface area contributed by atoms with Crippen LogP contribution < -0.4 is 10.1 Å². The van der Waals surface area contributed by atoms with Crippen LogP contribution in [-0.2, 0) is 6.42 Å². The van der Waals surface area contributed by atoms with E-state index in [-0.39, 0.29) is 0 Å². The molecule has 1 N–H and O–H groups in total. The van der Waals surface area contributed by atoms with Gasteiger partial charge in [0.15, 0.2) is 0 Å². The Morgan fingerprint density at radius 1 is 1.33 bits per heavy atom. The van der Waals surface area contributed by atoms with Crippen molar-refractivity contribution in [3.8, 4) is 5.75 Å². The van der Waals surface area contributed by atoms with Crippen LogP contribution in [0.1, 0.15) is 48.4 Å². The van der Waals surface area contributed by atoms with E-state index in [1.807, 2.05) is 0 Å². The maximum Gasteiger partial charge on any atom is 0.141 e. The second-order valence-corrected chi connectivity index (χ2v) is 5.74. The highest BCUT2D eigenvalue weighted by Crippen LogP contribution is 2.39. The van der Waals surface area contributed by atoms with Crippen LogP contribution in [0, 0.1) is 6.92 Å². The minimum Gasteiger partial charge on any atom is -0.492 e. The number of rotatable bonds is 1. The average molecular weight is 266 g/mol. The number of piperidine rings is 1. The molecular formula is C15H20ClNO. The van der Waals surface area contributed by atoms with Gasteiger partial charge >= 0.3 is 0 Å². The van der Waals surface area contributed by atoms with E-state index in [1.54, 1.807) is 0 Å². The Morgan fingerprint density at radius 3 is 3.00 bits per heavy atom. The van der Waals surface area contributed by atoms with Crippen molar-refractivity contribution in [3.63, 3.8) is 0 Å². The highest BCUT2D eigenvalue weighted by molar-refractivity contribution is 6.32. The molecule has 98 valence electrons. The molecule has 1 aromatic rings. The Bertz CT molecular complexity index is 452. The lowest BCUT2D eigenvalue weighted by atomic mass is 9.89. The van der Waals surface area contributed by atoms with Gasteiger partial charge in [-0.05, 0) is 61.9 Å². The number of fused-ring (bicyclic) bond motifs is 1. The van der Waals surface area contributed by atoms with Crippen LogP contribution in [-0.4, -0.2) is 13.2 Å². The average Bonchev–Trinajstić information content (AvgIpc) is 2.44. The first kappa shape index (κ1) is 12.3. The standard InChI is InChI=1S/C15H20ClNO/c1-10-11-5-4-8-18-15(11)13(16)9-12(10)14-6-2-3-7-17-14/h9,14,17H,2-8H2,1H3. The lowest BCUT2D eigenvalue weighted by Crippen LogP contribution is -2.28. The molecule has 0 bridgehead atoms. The molecule has 2 heterocycles. The monoisotopic (exact) mass is 265 g/mol. The summed E-state index contributed by atoms with van der Waals surface area (Å²) in [6.07, 6.45) is 6.02. The maximum atomic E-state index is 6.39. The van der Waals surface area contributed by atoms with Gasteiger partial charge in [-0.15, -0.1) is 0 Å². The molecule has 1 unspecified atom stereocenters. The zero-order valence-electron chi connectivity index (χ0n) is 10.9. The van der Waals surface area contributed by atoms with Gasteiger partial charge in [0.05, 0.1) is 11.6 Å². The molecule has 18 heavy (non-hydrogen) atoms. The zero-order valence-corrected chi connectivity index (χ0v) is 11.6. The van der Waals surface area contributed by atoms with Gasteiger partial charge in [0.1, 0.15) is 5.75 Å². The third-order valence-electron chi connectivity index (χ3n) is 4.16. The fourth-order valence-corrected chi connectivity index (χ4v) is 3.44. The second kappa shape index (κ2) is 5.10. The van der Waals surface area contributed by atoms with E-state index >= 15 is 0 Å². The maximum absolute atomic E-state index is 6.39. The molecule has 0 spiro atoms. The van der Waals surface area contributed by atoms with Crippen LogP contribution in [0.4, 0.5) is 0 Å². The molecule has 0 aromatic heterocycles. The quantitative estimate of drug-likeness (QED) is 0.834. The normalized spacial score (nSPS) is 23.3. The molecule has 1 fully saturated rings. The van der Waals surface area contributed by atoms with Gasteiger partial charge in [-0.1, -0.05) is 18.0 Å². The van der Waals surface area contributed by atoms with Crippen molar-refractivity contribution in [1.29, 1.82) is 0 Å². The molecule has 1 aromatic carbocycles. The number of hydrogen-bond acceptors (Lipinski definition) is 2. The SMILES string of the molecule is Cc1c(C2CCCCN2)cc(Cl)c2c1CCCO2. The first-order valence-corrected chi connectivity index (χ1v) is 7.33. The first-order chi connectivity index (χ1) is 8.77. The summed E-state index contributed by atoms with van der Waals surface area (Å²) in [5, 5.41) is 4.40. The molecule has 1 atom stereocenters. The topological polar surface area (TPSA) is 21.3 Å². The predicted molar refractivity (Wildman–Crippen MR) is 74.6 cm³/mol. The fraction of sp³-hybridized carbons (Fsp3) is 0.600. The summed E-state index contributed by atoms with van der Waals surface area (Å²) < 4.78 is 5.73. The Hall–Kier alpha value is -0.730. The van der Waals surface area contributed by atoms with E-state index in [1.165, 1.54) is 36.0 Å². The van der Waals surface area contributed by atoms with Gasteiger partial charge in [-0.2, -0.15) is 0 Å². The zero-order chi connectivity index (χ0) is 12.5. The molecule has 0 radical (unpaired) electrons. The Kier molecular flexibility index (Phi) is 3.49. The van der Waals surface area contributed by atoms with Crippen LogP contribution in [0.3, 0.4) is 0 Å². The summed E-state index contributed by atoms with van der Waals surface area (Å²) in [6, 6.07) is 2.59. The van der Waals surface area contributed by atoms with Gasteiger partial charge in [-0.25, -0.2) is 0 Å². The fourth-order valence-electron chi connectivity index (χ4n) is 3.16. The molecule has 2 nitrogen and oxygen atoms in total. The van der Waals surface area contributed by atoms with E-state index in [4.69, 9.17) is 16.3 Å². The summed E-state index contributed by atoms with van der Waals surface area (Å²) >= 11 is 6.39. The van der Waals surface area contributed by atoms with Crippen LogP contribution >= 0.6 is 11.6 Å². The van der Waals surface area contributed by atoms with Gasteiger partial charge < -0.3 is 10.1 Å². The smallest absolute Gasteiger partial charge is 0.141 e. The molecule has 3 heteroatoms. The predicted octanol–water partition coefficient (Wildman–Crippen LogP) is 3.79. The summed E-state index contributed by atoms with van der Waals surface area (Å²) in [5.74, 6) is 0.931. The van der Waals surface area contributed by atoms with Crippen LogP contribution in [0.5, 0.6) is 5.75 Å². The number of ether oxygens (including phenoxy) is 1. The van der Waals surface area contributed by atoms with Gasteiger partial charge in [-0.3, -0.25) is 0 Å². The van der Waals surface area contributed by atoms with E-state index in [2.05, 4.69) is 18.3 Å². The van der Waals surface area contributed by atoms with Gasteiger partial charge in [0.25, 0.3) is 0 Å². The van der Waals surface area contributed by atoms with Crippen molar-refractivity contribution in [2.75, 3.05) is 13.2 Å². The van der Waals surface area contributed by atoms with Crippen molar-refractivity contribution < 1.29 is 4.74 Å². The second-order valence-electron chi connectivity index (χ2n) is 5.33. The molecule has 2 aliphatic heterocycles. The van der Waals surface area contributed by atoms with E-state index in [9.17, 15) is 0 Å². The minimum absolute atomic E-state index is 0.475. The summed E-state index contributed by atoms with van der Waals surface area (Å²) in [4.78, 5) is 0. The number of nitrogens with one attached hydrogen (secondary N) is 1. The number of halogens is 1. The Labute approximate surface area is 114 Å². The minimum atomic E-state index is 0.475. The van der Waals surface area contributed by atoms with Crippen molar-refractivity contribution in [1.82, 2.24) is 5.32 Å². The third-order valence-corrected chi connectivity index (χ3v) is 4.44. The highest BCUT2D eigenvalue weighted by Gasteiger charge is 2.23. The summed E-state index contributed by atoms with van der Waals surface area (Å²) in [6.45, 7) is 4.14. The van der Waals surface area contributed by atoms with Crippen LogP contribution in [0.2, 0.25) is 5.02 Å². The van der Waals surface area contributed by atoms with Crippen LogP contribution in [0.25, 0.3) is 0 Å². The Balaban J connectivity index is 2.01. The number of hydrogen-bond donors (Lipinski definition) is 1.